The third-order valence-corrected chi connectivity index (χ3v) is 4.84. The molecule has 188 valence electrons. The summed E-state index contributed by atoms with van der Waals surface area (Å²) in [5.74, 6) is -6.42. The van der Waals surface area contributed by atoms with Gasteiger partial charge in [0.25, 0.3) is 0 Å². The smallest absolute Gasteiger partial charge is 0.326 e. The lowest BCUT2D eigenvalue weighted by atomic mass is 10.0. The number of amides is 4. The highest BCUT2D eigenvalue weighted by Gasteiger charge is 2.32. The Morgan fingerprint density at radius 2 is 1.18 bits per heavy atom. The molecule has 0 rings (SSSR count). The third-order valence-electron chi connectivity index (χ3n) is 4.84. The monoisotopic (exact) mass is 473 g/mol. The van der Waals surface area contributed by atoms with E-state index in [4.69, 9.17) is 16.6 Å². The molecule has 0 aromatic carbocycles. The first-order chi connectivity index (χ1) is 15.2. The first-order valence-corrected chi connectivity index (χ1v) is 10.6. The summed E-state index contributed by atoms with van der Waals surface area (Å²) >= 11 is 0. The second-order valence-corrected chi connectivity index (χ2v) is 8.40. The van der Waals surface area contributed by atoms with Crippen LogP contribution in [0.5, 0.6) is 0 Å². The highest BCUT2D eigenvalue weighted by molar-refractivity contribution is 5.94. The van der Waals surface area contributed by atoms with Crippen molar-refractivity contribution in [3.63, 3.8) is 0 Å². The van der Waals surface area contributed by atoms with E-state index in [1.807, 2.05) is 0 Å². The van der Waals surface area contributed by atoms with Crippen LogP contribution in [0.15, 0.2) is 0 Å². The van der Waals surface area contributed by atoms with Gasteiger partial charge in [-0.15, -0.1) is 0 Å². The lowest BCUT2D eigenvalue weighted by Gasteiger charge is -2.26. The first-order valence-electron chi connectivity index (χ1n) is 10.6. The van der Waals surface area contributed by atoms with Crippen molar-refractivity contribution in [2.75, 3.05) is 0 Å². The minimum Gasteiger partial charge on any atom is -0.481 e. The highest BCUT2D eigenvalue weighted by Crippen LogP contribution is 2.07. The fourth-order valence-electron chi connectivity index (χ4n) is 2.70. The zero-order valence-electron chi connectivity index (χ0n) is 19.3. The molecule has 0 aromatic heterocycles. The molecule has 0 aliphatic heterocycles. The topological polar surface area (TPSA) is 231 Å². The standard InChI is InChI=1S/C20H35N5O8/c1-9(2)15(22)19(31)24-11(5-7-13(21)26)17(29)23-12(6-8-14(27)28)18(30)25-16(10(3)4)20(32)33/h9-12,15-16H,5-8,22H2,1-4H3,(H2,21,26)(H,23,29)(H,24,31)(H,25,30)(H,27,28)(H,32,33). The number of carboxylic acids is 2. The SMILES string of the molecule is CC(C)C(N)C(=O)NC(CCC(N)=O)C(=O)NC(CCC(=O)O)C(=O)NC(C(=O)O)C(C)C. The summed E-state index contributed by atoms with van der Waals surface area (Å²) in [7, 11) is 0. The largest absolute Gasteiger partial charge is 0.481 e. The van der Waals surface area contributed by atoms with E-state index in [0.717, 1.165) is 0 Å². The fourth-order valence-corrected chi connectivity index (χ4v) is 2.70. The summed E-state index contributed by atoms with van der Waals surface area (Å²) < 4.78 is 0. The van der Waals surface area contributed by atoms with Gasteiger partial charge in [0.05, 0.1) is 6.04 Å². The van der Waals surface area contributed by atoms with Crippen molar-refractivity contribution in [3.05, 3.63) is 0 Å². The molecule has 4 amide bonds. The van der Waals surface area contributed by atoms with Crippen LogP contribution in [-0.2, 0) is 28.8 Å². The summed E-state index contributed by atoms with van der Waals surface area (Å²) in [5.41, 5.74) is 10.9. The maximum absolute atomic E-state index is 12.8. The minimum absolute atomic E-state index is 0.186. The Balaban J connectivity index is 5.63. The predicted octanol–water partition coefficient (Wildman–Crippen LogP) is -1.70. The molecule has 0 saturated heterocycles. The molecular formula is C20H35N5O8. The normalized spacial score (nSPS) is 14.6. The molecule has 4 atom stereocenters. The van der Waals surface area contributed by atoms with Gasteiger partial charge in [0.15, 0.2) is 0 Å². The van der Waals surface area contributed by atoms with Crippen LogP contribution in [0.1, 0.15) is 53.4 Å². The lowest BCUT2D eigenvalue weighted by Crippen LogP contribution is -2.58. The molecule has 0 saturated carbocycles. The van der Waals surface area contributed by atoms with Gasteiger partial charge in [-0.3, -0.25) is 24.0 Å². The predicted molar refractivity (Wildman–Crippen MR) is 116 cm³/mol. The number of nitrogens with two attached hydrogens (primary N) is 2. The van der Waals surface area contributed by atoms with E-state index in [2.05, 4.69) is 16.0 Å². The van der Waals surface area contributed by atoms with Crippen LogP contribution < -0.4 is 27.4 Å². The van der Waals surface area contributed by atoms with Crippen LogP contribution in [-0.4, -0.2) is 69.9 Å². The lowest BCUT2D eigenvalue weighted by molar-refractivity contribution is -0.144. The van der Waals surface area contributed by atoms with Crippen LogP contribution in [0.3, 0.4) is 0 Å². The molecule has 0 spiro atoms. The maximum Gasteiger partial charge on any atom is 0.326 e. The number of carbonyl (C=O) groups excluding carboxylic acids is 4. The average Bonchev–Trinajstić information content (AvgIpc) is 2.69. The highest BCUT2D eigenvalue weighted by atomic mass is 16.4. The van der Waals surface area contributed by atoms with Crippen LogP contribution >= 0.6 is 0 Å². The average molecular weight is 474 g/mol. The number of hydrogen-bond donors (Lipinski definition) is 7. The molecule has 0 radical (unpaired) electrons. The molecule has 0 heterocycles. The number of carboxylic acid groups (broad SMARTS) is 2. The molecular weight excluding hydrogens is 438 g/mol. The van der Waals surface area contributed by atoms with E-state index in [-0.39, 0.29) is 25.2 Å². The number of nitrogens with one attached hydrogen (secondary N) is 3. The molecule has 13 heteroatoms. The van der Waals surface area contributed by atoms with Gasteiger partial charge in [-0.25, -0.2) is 4.79 Å². The van der Waals surface area contributed by atoms with Crippen LogP contribution in [0, 0.1) is 11.8 Å². The molecule has 0 aliphatic rings. The molecule has 33 heavy (non-hydrogen) atoms. The van der Waals surface area contributed by atoms with Gasteiger partial charge in [0.2, 0.25) is 23.6 Å². The van der Waals surface area contributed by atoms with Gasteiger partial charge in [0, 0.05) is 12.8 Å². The van der Waals surface area contributed by atoms with Gasteiger partial charge < -0.3 is 37.6 Å². The summed E-state index contributed by atoms with van der Waals surface area (Å²) in [4.78, 5) is 71.4. The molecule has 4 unspecified atom stereocenters. The fraction of sp³-hybridized carbons (Fsp3) is 0.700. The van der Waals surface area contributed by atoms with Gasteiger partial charge in [-0.05, 0) is 24.7 Å². The van der Waals surface area contributed by atoms with Gasteiger partial charge >= 0.3 is 11.9 Å². The van der Waals surface area contributed by atoms with E-state index in [1.165, 1.54) is 0 Å². The Morgan fingerprint density at radius 1 is 0.727 bits per heavy atom. The molecule has 13 nitrogen and oxygen atoms in total. The van der Waals surface area contributed by atoms with Gasteiger partial charge in [-0.2, -0.15) is 0 Å². The van der Waals surface area contributed by atoms with Crippen LogP contribution in [0.2, 0.25) is 0 Å². The first kappa shape index (κ1) is 29.8. The van der Waals surface area contributed by atoms with Crippen LogP contribution in [0.25, 0.3) is 0 Å². The number of carbonyl (C=O) groups is 6. The quantitative estimate of drug-likeness (QED) is 0.143. The van der Waals surface area contributed by atoms with Gasteiger partial charge in [-0.1, -0.05) is 27.7 Å². The minimum atomic E-state index is -1.40. The molecule has 0 aromatic rings. The summed E-state index contributed by atoms with van der Waals surface area (Å²) in [6.45, 7) is 6.53. The van der Waals surface area contributed by atoms with E-state index in [9.17, 15) is 33.9 Å². The van der Waals surface area contributed by atoms with E-state index in [1.54, 1.807) is 27.7 Å². The number of aliphatic carboxylic acids is 2. The molecule has 0 aliphatic carbocycles. The summed E-state index contributed by atoms with van der Waals surface area (Å²) in [6.07, 6.45) is -1.27. The molecule has 0 bridgehead atoms. The molecule has 9 N–H and O–H groups in total. The Morgan fingerprint density at radius 3 is 1.58 bits per heavy atom. The maximum atomic E-state index is 12.8. The Labute approximate surface area is 192 Å². The van der Waals surface area contributed by atoms with Crippen molar-refractivity contribution >= 4 is 35.6 Å². The third kappa shape index (κ3) is 11.3. The van der Waals surface area contributed by atoms with E-state index >= 15 is 0 Å². The van der Waals surface area contributed by atoms with Crippen molar-refractivity contribution < 1.29 is 39.0 Å². The van der Waals surface area contributed by atoms with Crippen molar-refractivity contribution in [1.82, 2.24) is 16.0 Å². The Kier molecular flexibility index (Phi) is 12.7. The van der Waals surface area contributed by atoms with Crippen molar-refractivity contribution in [3.8, 4) is 0 Å². The zero-order chi connectivity index (χ0) is 25.9. The van der Waals surface area contributed by atoms with Crippen molar-refractivity contribution in [2.24, 2.45) is 23.3 Å². The zero-order valence-corrected chi connectivity index (χ0v) is 19.3. The summed E-state index contributed by atoms with van der Waals surface area (Å²) in [6, 6.07) is -4.89. The van der Waals surface area contributed by atoms with Crippen molar-refractivity contribution in [1.29, 1.82) is 0 Å². The van der Waals surface area contributed by atoms with Crippen molar-refractivity contribution in [2.45, 2.75) is 77.5 Å². The van der Waals surface area contributed by atoms with E-state index in [0.29, 0.717) is 0 Å². The number of primary amides is 1. The second-order valence-electron chi connectivity index (χ2n) is 8.40. The number of hydrogen-bond acceptors (Lipinski definition) is 7. The Bertz CT molecular complexity index is 740. The summed E-state index contributed by atoms with van der Waals surface area (Å²) in [5, 5.41) is 25.3. The second kappa shape index (κ2) is 14.0. The number of rotatable bonds is 15. The van der Waals surface area contributed by atoms with Crippen LogP contribution in [0.4, 0.5) is 0 Å². The molecule has 0 fully saturated rings. The Hall–Kier alpha value is -3.22. The van der Waals surface area contributed by atoms with Gasteiger partial charge in [0.1, 0.15) is 18.1 Å². The van der Waals surface area contributed by atoms with E-state index < -0.39 is 72.1 Å².